The van der Waals surface area contributed by atoms with Crippen LogP contribution in [0.4, 0.5) is 4.39 Å². The summed E-state index contributed by atoms with van der Waals surface area (Å²) in [5.74, 6) is -0.490. The molecule has 0 fully saturated rings. The fourth-order valence-electron chi connectivity index (χ4n) is 1.52. The van der Waals surface area contributed by atoms with Crippen molar-refractivity contribution in [2.75, 3.05) is 0 Å². The monoisotopic (exact) mass is 393 g/mol. The molecule has 0 saturated heterocycles. The Kier molecular flexibility index (Phi) is 4.25. The molecule has 0 atom stereocenters. The summed E-state index contributed by atoms with van der Waals surface area (Å²) in [5, 5.41) is 0.0709. The van der Waals surface area contributed by atoms with E-state index in [0.717, 1.165) is 4.47 Å². The number of benzene rings is 1. The number of halogens is 4. The average Bonchev–Trinajstić information content (AvgIpc) is 2.30. The maximum Gasteiger partial charge on any atom is 0.265 e. The van der Waals surface area contributed by atoms with E-state index in [1.54, 1.807) is 18.3 Å². The summed E-state index contributed by atoms with van der Waals surface area (Å²) >= 11 is 12.1. The molecule has 0 amide bonds. The van der Waals surface area contributed by atoms with Gasteiger partial charge in [-0.3, -0.25) is 4.79 Å². The van der Waals surface area contributed by atoms with E-state index in [-0.39, 0.29) is 17.1 Å². The Morgan fingerprint density at radius 3 is 2.67 bits per heavy atom. The standard InChI is InChI=1S/C12H7Br2ClFNO/c13-8-4-9(14)12(18)17(6-8)5-7-1-2-10(15)11(16)3-7/h1-4,6H,5H2. The first-order chi connectivity index (χ1) is 8.47. The molecule has 0 N–H and O–H groups in total. The van der Waals surface area contributed by atoms with E-state index in [1.807, 2.05) is 0 Å². The highest BCUT2D eigenvalue weighted by Crippen LogP contribution is 2.17. The zero-order valence-electron chi connectivity index (χ0n) is 8.96. The smallest absolute Gasteiger partial charge is 0.265 e. The molecule has 0 spiro atoms. The number of rotatable bonds is 2. The summed E-state index contributed by atoms with van der Waals surface area (Å²) in [5.41, 5.74) is 0.498. The lowest BCUT2D eigenvalue weighted by Crippen LogP contribution is -2.20. The minimum absolute atomic E-state index is 0.0709. The predicted molar refractivity (Wildman–Crippen MR) is 76.6 cm³/mol. The lowest BCUT2D eigenvalue weighted by molar-refractivity contribution is 0.623. The molecule has 1 aromatic carbocycles. The largest absolute Gasteiger partial charge is 0.309 e. The zero-order valence-corrected chi connectivity index (χ0v) is 12.9. The first-order valence-corrected chi connectivity index (χ1v) is 6.93. The minimum atomic E-state index is -0.490. The van der Waals surface area contributed by atoms with E-state index in [0.29, 0.717) is 10.0 Å². The molecule has 0 aliphatic carbocycles. The SMILES string of the molecule is O=c1c(Br)cc(Br)cn1Cc1ccc(Cl)c(F)c1. The van der Waals surface area contributed by atoms with Crippen LogP contribution in [0.5, 0.6) is 0 Å². The van der Waals surface area contributed by atoms with Crippen molar-refractivity contribution >= 4 is 43.5 Å². The van der Waals surface area contributed by atoms with Crippen molar-refractivity contribution in [1.29, 1.82) is 0 Å². The Morgan fingerprint density at radius 1 is 1.28 bits per heavy atom. The van der Waals surface area contributed by atoms with Crippen LogP contribution in [-0.4, -0.2) is 4.57 Å². The predicted octanol–water partition coefficient (Wildman–Crippen LogP) is 4.21. The molecule has 94 valence electrons. The molecule has 2 nitrogen and oxygen atoms in total. The van der Waals surface area contributed by atoms with Gasteiger partial charge in [0.05, 0.1) is 16.0 Å². The maximum atomic E-state index is 13.3. The van der Waals surface area contributed by atoms with Gasteiger partial charge in [-0.2, -0.15) is 0 Å². The van der Waals surface area contributed by atoms with Gasteiger partial charge >= 0.3 is 0 Å². The molecule has 0 aliphatic heterocycles. The molecule has 6 heteroatoms. The van der Waals surface area contributed by atoms with Crippen molar-refractivity contribution in [3.8, 4) is 0 Å². The van der Waals surface area contributed by atoms with Crippen molar-refractivity contribution in [2.24, 2.45) is 0 Å². The van der Waals surface area contributed by atoms with E-state index in [2.05, 4.69) is 31.9 Å². The van der Waals surface area contributed by atoms with Crippen molar-refractivity contribution in [1.82, 2.24) is 4.57 Å². The molecule has 18 heavy (non-hydrogen) atoms. The Balaban J connectivity index is 2.40. The fourth-order valence-corrected chi connectivity index (χ4v) is 2.89. The molecule has 1 heterocycles. The van der Waals surface area contributed by atoms with Gasteiger partial charge in [0.25, 0.3) is 5.56 Å². The van der Waals surface area contributed by atoms with Crippen molar-refractivity contribution in [2.45, 2.75) is 6.54 Å². The summed E-state index contributed by atoms with van der Waals surface area (Å²) in [6, 6.07) is 6.15. The highest BCUT2D eigenvalue weighted by atomic mass is 79.9. The topological polar surface area (TPSA) is 22.0 Å². The van der Waals surface area contributed by atoms with Gasteiger partial charge in [0, 0.05) is 10.7 Å². The second-order valence-corrected chi connectivity index (χ2v) is 5.86. The molecule has 0 unspecified atom stereocenters. The van der Waals surface area contributed by atoms with E-state index in [9.17, 15) is 9.18 Å². The third-order valence-corrected chi connectivity index (χ3v) is 3.65. The van der Waals surface area contributed by atoms with Gasteiger partial charge in [-0.05, 0) is 55.6 Å². The molecular formula is C12H7Br2ClFNO. The van der Waals surface area contributed by atoms with Gasteiger partial charge in [-0.1, -0.05) is 17.7 Å². The van der Waals surface area contributed by atoms with E-state index in [1.165, 1.54) is 16.7 Å². The van der Waals surface area contributed by atoms with Gasteiger partial charge in [-0.25, -0.2) is 4.39 Å². The van der Waals surface area contributed by atoms with Gasteiger partial charge in [-0.15, -0.1) is 0 Å². The van der Waals surface area contributed by atoms with Crippen molar-refractivity contribution in [3.63, 3.8) is 0 Å². The Bertz CT molecular complexity index is 657. The third-order valence-electron chi connectivity index (χ3n) is 2.35. The Morgan fingerprint density at radius 2 is 2.00 bits per heavy atom. The number of hydrogen-bond donors (Lipinski definition) is 0. The number of nitrogens with zero attached hydrogens (tertiary/aromatic N) is 1. The summed E-state index contributed by atoms with van der Waals surface area (Å²) in [4.78, 5) is 11.9. The lowest BCUT2D eigenvalue weighted by Gasteiger charge is -2.08. The van der Waals surface area contributed by atoms with E-state index >= 15 is 0 Å². The van der Waals surface area contributed by atoms with Gasteiger partial charge in [0.2, 0.25) is 0 Å². The van der Waals surface area contributed by atoms with Crippen LogP contribution in [0.25, 0.3) is 0 Å². The highest BCUT2D eigenvalue weighted by Gasteiger charge is 2.06. The van der Waals surface area contributed by atoms with Crippen LogP contribution in [0, 0.1) is 5.82 Å². The Hall–Kier alpha value is -0.650. The second kappa shape index (κ2) is 5.55. The number of hydrogen-bond acceptors (Lipinski definition) is 1. The first-order valence-electron chi connectivity index (χ1n) is 4.97. The van der Waals surface area contributed by atoms with E-state index < -0.39 is 5.82 Å². The van der Waals surface area contributed by atoms with Crippen LogP contribution in [0.2, 0.25) is 5.02 Å². The summed E-state index contributed by atoms with van der Waals surface area (Å²) < 4.78 is 16.0. The molecule has 2 aromatic rings. The van der Waals surface area contributed by atoms with Crippen LogP contribution >= 0.6 is 43.5 Å². The van der Waals surface area contributed by atoms with Crippen LogP contribution in [-0.2, 0) is 6.54 Å². The molecule has 2 rings (SSSR count). The molecule has 0 aliphatic rings. The molecular weight excluding hydrogens is 388 g/mol. The second-order valence-electron chi connectivity index (χ2n) is 3.69. The molecule has 0 bridgehead atoms. The quantitative estimate of drug-likeness (QED) is 0.747. The van der Waals surface area contributed by atoms with Crippen LogP contribution < -0.4 is 5.56 Å². The van der Waals surface area contributed by atoms with Crippen LogP contribution in [0.15, 0.2) is 44.2 Å². The van der Waals surface area contributed by atoms with E-state index in [4.69, 9.17) is 11.6 Å². The summed E-state index contributed by atoms with van der Waals surface area (Å²) in [6.07, 6.45) is 1.65. The van der Waals surface area contributed by atoms with Gasteiger partial charge < -0.3 is 4.57 Å². The minimum Gasteiger partial charge on any atom is -0.309 e. The van der Waals surface area contributed by atoms with Gasteiger partial charge in [0.1, 0.15) is 5.82 Å². The fraction of sp³-hybridized carbons (Fsp3) is 0.0833. The van der Waals surface area contributed by atoms with Crippen molar-refractivity contribution < 1.29 is 4.39 Å². The average molecular weight is 395 g/mol. The lowest BCUT2D eigenvalue weighted by atomic mass is 10.2. The van der Waals surface area contributed by atoms with Crippen molar-refractivity contribution in [3.05, 3.63) is 66.2 Å². The summed E-state index contributed by atoms with van der Waals surface area (Å²) in [7, 11) is 0. The normalized spacial score (nSPS) is 10.7. The molecule has 0 saturated carbocycles. The Labute approximate surface area is 125 Å². The summed E-state index contributed by atoms with van der Waals surface area (Å²) in [6.45, 7) is 0.283. The molecule has 1 aromatic heterocycles. The first kappa shape index (κ1) is 13.8. The zero-order chi connectivity index (χ0) is 13.3. The van der Waals surface area contributed by atoms with Crippen LogP contribution in [0.3, 0.4) is 0 Å². The van der Waals surface area contributed by atoms with Crippen LogP contribution in [0.1, 0.15) is 5.56 Å². The maximum absolute atomic E-state index is 13.3. The molecule has 0 radical (unpaired) electrons. The van der Waals surface area contributed by atoms with Gasteiger partial charge in [0.15, 0.2) is 0 Å². The third kappa shape index (κ3) is 3.02. The number of pyridine rings is 1. The number of aromatic nitrogens is 1. The highest BCUT2D eigenvalue weighted by molar-refractivity contribution is 9.11.